The molecule has 1 unspecified atom stereocenters. The number of hydrogen-bond acceptors (Lipinski definition) is 2. The van der Waals surface area contributed by atoms with Crippen molar-refractivity contribution in [3.63, 3.8) is 0 Å². The van der Waals surface area contributed by atoms with Gasteiger partial charge in [-0.15, -0.1) is 0 Å². The predicted molar refractivity (Wildman–Crippen MR) is 87.8 cm³/mol. The van der Waals surface area contributed by atoms with Crippen molar-refractivity contribution in [2.45, 2.75) is 32.2 Å². The lowest BCUT2D eigenvalue weighted by atomic mass is 9.99. The summed E-state index contributed by atoms with van der Waals surface area (Å²) in [5.74, 6) is -0.210. The average Bonchev–Trinajstić information content (AvgIpc) is 2.48. The van der Waals surface area contributed by atoms with Crippen molar-refractivity contribution in [1.82, 2.24) is 10.3 Å². The molecule has 2 aromatic rings. The van der Waals surface area contributed by atoms with Crippen molar-refractivity contribution in [1.29, 1.82) is 0 Å². The number of halogens is 2. The Balaban J connectivity index is 2.08. The molecule has 112 valence electrons. The second kappa shape index (κ2) is 8.25. The maximum Gasteiger partial charge on any atom is 0.124 e. The zero-order valence-electron chi connectivity index (χ0n) is 12.2. The van der Waals surface area contributed by atoms with Crippen LogP contribution in [-0.2, 0) is 12.8 Å². The van der Waals surface area contributed by atoms with E-state index in [0.29, 0.717) is 6.04 Å². The number of pyridine rings is 1. The Kier molecular flexibility index (Phi) is 6.33. The van der Waals surface area contributed by atoms with Crippen molar-refractivity contribution in [3.8, 4) is 0 Å². The third kappa shape index (κ3) is 5.21. The third-order valence-electron chi connectivity index (χ3n) is 3.40. The maximum absolute atomic E-state index is 13.2. The molecule has 1 heterocycles. The van der Waals surface area contributed by atoms with E-state index in [0.717, 1.165) is 35.8 Å². The molecule has 21 heavy (non-hydrogen) atoms. The summed E-state index contributed by atoms with van der Waals surface area (Å²) in [5.41, 5.74) is 2.39. The molecular weight excluding hydrogens is 331 g/mol. The van der Waals surface area contributed by atoms with Crippen LogP contribution in [0.15, 0.2) is 47.2 Å². The smallest absolute Gasteiger partial charge is 0.124 e. The van der Waals surface area contributed by atoms with Crippen LogP contribution in [0.25, 0.3) is 0 Å². The van der Waals surface area contributed by atoms with E-state index in [1.165, 1.54) is 17.7 Å². The minimum Gasteiger partial charge on any atom is -0.313 e. The van der Waals surface area contributed by atoms with E-state index in [4.69, 9.17) is 0 Å². The Labute approximate surface area is 133 Å². The lowest BCUT2D eigenvalue weighted by molar-refractivity contribution is 0.503. The van der Waals surface area contributed by atoms with Gasteiger partial charge in [0.2, 0.25) is 0 Å². The van der Waals surface area contributed by atoms with Crippen LogP contribution >= 0.6 is 15.9 Å². The minimum absolute atomic E-state index is 0.210. The standard InChI is InChI=1S/C17H20BrFN2/c1-2-7-21-16(10-13-5-8-20-9-6-13)11-14-3-4-15(19)12-17(14)18/h3-6,8-9,12,16,21H,2,7,10-11H2,1H3. The summed E-state index contributed by atoms with van der Waals surface area (Å²) in [6.45, 7) is 3.14. The maximum atomic E-state index is 13.2. The Morgan fingerprint density at radius 1 is 1.19 bits per heavy atom. The molecule has 2 nitrogen and oxygen atoms in total. The highest BCUT2D eigenvalue weighted by Crippen LogP contribution is 2.20. The number of aromatic nitrogens is 1. The molecule has 0 fully saturated rings. The molecule has 0 aliphatic heterocycles. The van der Waals surface area contributed by atoms with Crippen molar-refractivity contribution < 1.29 is 4.39 Å². The molecule has 0 aliphatic carbocycles. The van der Waals surface area contributed by atoms with E-state index in [-0.39, 0.29) is 5.82 Å². The second-order valence-corrected chi connectivity index (χ2v) is 6.00. The Morgan fingerprint density at radius 2 is 1.95 bits per heavy atom. The van der Waals surface area contributed by atoms with Crippen molar-refractivity contribution in [3.05, 3.63) is 64.1 Å². The Hall–Kier alpha value is -1.26. The first-order valence-corrected chi connectivity index (χ1v) is 8.04. The highest BCUT2D eigenvalue weighted by Gasteiger charge is 2.12. The summed E-state index contributed by atoms with van der Waals surface area (Å²) < 4.78 is 14.0. The summed E-state index contributed by atoms with van der Waals surface area (Å²) >= 11 is 3.45. The molecule has 0 saturated carbocycles. The van der Waals surface area contributed by atoms with Gasteiger partial charge in [0, 0.05) is 22.9 Å². The van der Waals surface area contributed by atoms with Crippen LogP contribution in [0.3, 0.4) is 0 Å². The van der Waals surface area contributed by atoms with Gasteiger partial charge in [-0.1, -0.05) is 28.9 Å². The molecule has 0 bridgehead atoms. The Bertz CT molecular complexity index is 560. The van der Waals surface area contributed by atoms with Gasteiger partial charge in [0.25, 0.3) is 0 Å². The SMILES string of the molecule is CCCNC(Cc1ccncc1)Cc1ccc(F)cc1Br. The van der Waals surface area contributed by atoms with Gasteiger partial charge in [-0.2, -0.15) is 0 Å². The van der Waals surface area contributed by atoms with Gasteiger partial charge in [-0.3, -0.25) is 4.98 Å². The minimum atomic E-state index is -0.210. The normalized spacial score (nSPS) is 12.3. The molecule has 1 atom stereocenters. The quantitative estimate of drug-likeness (QED) is 0.811. The van der Waals surface area contributed by atoms with Crippen LogP contribution in [0.4, 0.5) is 4.39 Å². The van der Waals surface area contributed by atoms with Gasteiger partial charge in [0.05, 0.1) is 0 Å². The lowest BCUT2D eigenvalue weighted by Crippen LogP contribution is -2.34. The molecule has 0 aliphatic rings. The lowest BCUT2D eigenvalue weighted by Gasteiger charge is -2.19. The first-order chi connectivity index (χ1) is 10.2. The van der Waals surface area contributed by atoms with Crippen LogP contribution < -0.4 is 5.32 Å². The van der Waals surface area contributed by atoms with E-state index in [1.807, 2.05) is 30.6 Å². The first kappa shape index (κ1) is 16.1. The zero-order chi connectivity index (χ0) is 15.1. The highest BCUT2D eigenvalue weighted by molar-refractivity contribution is 9.10. The molecule has 0 amide bonds. The topological polar surface area (TPSA) is 24.9 Å². The van der Waals surface area contributed by atoms with Crippen molar-refractivity contribution in [2.75, 3.05) is 6.54 Å². The first-order valence-electron chi connectivity index (χ1n) is 7.25. The highest BCUT2D eigenvalue weighted by atomic mass is 79.9. The number of rotatable bonds is 7. The van der Waals surface area contributed by atoms with E-state index < -0.39 is 0 Å². The van der Waals surface area contributed by atoms with Crippen LogP contribution in [-0.4, -0.2) is 17.6 Å². The predicted octanol–water partition coefficient (Wildman–Crippen LogP) is 4.14. The van der Waals surface area contributed by atoms with Crippen molar-refractivity contribution >= 4 is 15.9 Å². The van der Waals surface area contributed by atoms with Gasteiger partial charge in [0.15, 0.2) is 0 Å². The van der Waals surface area contributed by atoms with E-state index >= 15 is 0 Å². The monoisotopic (exact) mass is 350 g/mol. The van der Waals surface area contributed by atoms with E-state index in [2.05, 4.69) is 33.2 Å². The van der Waals surface area contributed by atoms with Gasteiger partial charge < -0.3 is 5.32 Å². The molecular formula is C17H20BrFN2. The van der Waals surface area contributed by atoms with Crippen LogP contribution in [0.2, 0.25) is 0 Å². The molecule has 0 spiro atoms. The van der Waals surface area contributed by atoms with Crippen LogP contribution in [0.1, 0.15) is 24.5 Å². The average molecular weight is 351 g/mol. The number of nitrogens with one attached hydrogen (secondary N) is 1. The molecule has 4 heteroatoms. The number of nitrogens with zero attached hydrogens (tertiary/aromatic N) is 1. The van der Waals surface area contributed by atoms with Crippen LogP contribution in [0, 0.1) is 5.82 Å². The van der Waals surface area contributed by atoms with Gasteiger partial charge in [0.1, 0.15) is 5.82 Å². The Morgan fingerprint density at radius 3 is 2.62 bits per heavy atom. The summed E-state index contributed by atoms with van der Waals surface area (Å²) in [6.07, 6.45) is 6.53. The third-order valence-corrected chi connectivity index (χ3v) is 4.13. The molecule has 0 radical (unpaired) electrons. The fraction of sp³-hybridized carbons (Fsp3) is 0.353. The second-order valence-electron chi connectivity index (χ2n) is 5.15. The molecule has 2 rings (SSSR count). The van der Waals surface area contributed by atoms with Crippen molar-refractivity contribution in [2.24, 2.45) is 0 Å². The molecule has 0 saturated heterocycles. The zero-order valence-corrected chi connectivity index (χ0v) is 13.7. The summed E-state index contributed by atoms with van der Waals surface area (Å²) in [4.78, 5) is 4.05. The molecule has 1 N–H and O–H groups in total. The van der Waals surface area contributed by atoms with Gasteiger partial charge in [-0.25, -0.2) is 4.39 Å². The number of hydrogen-bond donors (Lipinski definition) is 1. The number of benzene rings is 1. The largest absolute Gasteiger partial charge is 0.313 e. The summed E-state index contributed by atoms with van der Waals surface area (Å²) in [6, 6.07) is 9.31. The van der Waals surface area contributed by atoms with E-state index in [9.17, 15) is 4.39 Å². The van der Waals surface area contributed by atoms with E-state index in [1.54, 1.807) is 0 Å². The summed E-state index contributed by atoms with van der Waals surface area (Å²) in [7, 11) is 0. The van der Waals surface area contributed by atoms with Gasteiger partial charge in [-0.05, 0) is 61.2 Å². The fourth-order valence-electron chi connectivity index (χ4n) is 2.32. The fourth-order valence-corrected chi connectivity index (χ4v) is 2.83. The molecule has 1 aromatic heterocycles. The van der Waals surface area contributed by atoms with Gasteiger partial charge >= 0.3 is 0 Å². The summed E-state index contributed by atoms with van der Waals surface area (Å²) in [5, 5.41) is 3.57. The van der Waals surface area contributed by atoms with Crippen LogP contribution in [0.5, 0.6) is 0 Å². The molecule has 1 aromatic carbocycles.